The third-order valence-corrected chi connectivity index (χ3v) is 4.77. The first-order valence-electron chi connectivity index (χ1n) is 8.44. The highest BCUT2D eigenvalue weighted by molar-refractivity contribution is 5.76. The zero-order chi connectivity index (χ0) is 17.4. The van der Waals surface area contributed by atoms with Gasteiger partial charge in [0.1, 0.15) is 18.2 Å². The van der Waals surface area contributed by atoms with Gasteiger partial charge in [-0.2, -0.15) is 5.26 Å². The summed E-state index contributed by atoms with van der Waals surface area (Å²) in [5.74, 6) is 0.580. The molecule has 1 aliphatic carbocycles. The number of rotatable bonds is 3. The molecule has 7 heteroatoms. The van der Waals surface area contributed by atoms with Gasteiger partial charge >= 0.3 is 5.69 Å². The average Bonchev–Trinajstić information content (AvgIpc) is 3.35. The molecule has 0 bridgehead atoms. The van der Waals surface area contributed by atoms with E-state index < -0.39 is 11.2 Å². The predicted molar refractivity (Wildman–Crippen MR) is 87.5 cm³/mol. The number of amides is 1. The van der Waals surface area contributed by atoms with Crippen LogP contribution in [0, 0.1) is 23.2 Å². The van der Waals surface area contributed by atoms with E-state index in [-0.39, 0.29) is 24.1 Å². The summed E-state index contributed by atoms with van der Waals surface area (Å²) in [6.45, 7) is 5.19. The Balaban J connectivity index is 1.91. The Morgan fingerprint density at radius 2 is 1.88 bits per heavy atom. The quantitative estimate of drug-likeness (QED) is 0.817. The van der Waals surface area contributed by atoms with Gasteiger partial charge in [0.05, 0.1) is 0 Å². The van der Waals surface area contributed by atoms with E-state index in [0.29, 0.717) is 24.9 Å². The van der Waals surface area contributed by atoms with Crippen molar-refractivity contribution in [2.24, 2.45) is 11.8 Å². The van der Waals surface area contributed by atoms with Crippen molar-refractivity contribution in [3.05, 3.63) is 32.6 Å². The fourth-order valence-electron chi connectivity index (χ4n) is 3.55. The molecule has 0 radical (unpaired) electrons. The Bertz CT molecular complexity index is 803. The number of aromatic nitrogens is 2. The summed E-state index contributed by atoms with van der Waals surface area (Å²) in [6, 6.07) is 1.88. The predicted octanol–water partition coefficient (Wildman–Crippen LogP) is 0.721. The first-order chi connectivity index (χ1) is 11.4. The van der Waals surface area contributed by atoms with Gasteiger partial charge in [-0.15, -0.1) is 0 Å². The number of likely N-dealkylation sites (tertiary alicyclic amines) is 1. The Morgan fingerprint density at radius 1 is 1.25 bits per heavy atom. The van der Waals surface area contributed by atoms with Crippen LogP contribution in [-0.4, -0.2) is 33.0 Å². The van der Waals surface area contributed by atoms with Gasteiger partial charge < -0.3 is 4.90 Å². The van der Waals surface area contributed by atoms with Crippen LogP contribution in [0.15, 0.2) is 15.8 Å². The van der Waals surface area contributed by atoms with Gasteiger partial charge in [0.2, 0.25) is 5.91 Å². The van der Waals surface area contributed by atoms with Crippen molar-refractivity contribution in [3.63, 3.8) is 0 Å². The second kappa shape index (κ2) is 6.27. The number of carbonyl (C=O) groups is 1. The topological polar surface area (TPSA) is 88.1 Å². The molecule has 128 valence electrons. The maximum absolute atomic E-state index is 12.6. The van der Waals surface area contributed by atoms with Gasteiger partial charge in [-0.25, -0.2) is 9.36 Å². The summed E-state index contributed by atoms with van der Waals surface area (Å²) < 4.78 is 2.35. The van der Waals surface area contributed by atoms with Crippen molar-refractivity contribution in [3.8, 4) is 6.07 Å². The number of hydrogen-bond acceptors (Lipinski definition) is 4. The molecule has 1 aromatic heterocycles. The maximum atomic E-state index is 12.6. The third-order valence-electron chi connectivity index (χ3n) is 4.77. The minimum absolute atomic E-state index is 0.0431. The van der Waals surface area contributed by atoms with Gasteiger partial charge in [-0.05, 0) is 31.1 Å². The molecule has 2 fully saturated rings. The van der Waals surface area contributed by atoms with Crippen LogP contribution >= 0.6 is 0 Å². The molecule has 3 rings (SSSR count). The lowest BCUT2D eigenvalue weighted by Gasteiger charge is -2.35. The molecule has 2 heterocycles. The SMILES string of the molecule is C[C@@H]1C[C@@H](C)CN(C(=O)Cn2c(=O)c(C#N)cn(C3CC3)c2=O)C1. The molecular weight excluding hydrogens is 308 g/mol. The van der Waals surface area contributed by atoms with Gasteiger partial charge in [-0.3, -0.25) is 14.2 Å². The first kappa shape index (κ1) is 16.5. The molecule has 0 unspecified atom stereocenters. The Kier molecular flexibility index (Phi) is 4.31. The molecule has 2 atom stereocenters. The summed E-state index contributed by atoms with van der Waals surface area (Å²) in [4.78, 5) is 39.2. The van der Waals surface area contributed by atoms with Crippen molar-refractivity contribution in [1.29, 1.82) is 5.26 Å². The monoisotopic (exact) mass is 330 g/mol. The van der Waals surface area contributed by atoms with E-state index in [1.54, 1.807) is 4.90 Å². The lowest BCUT2D eigenvalue weighted by atomic mass is 9.92. The Morgan fingerprint density at radius 3 is 2.42 bits per heavy atom. The van der Waals surface area contributed by atoms with Crippen molar-refractivity contribution in [1.82, 2.24) is 14.0 Å². The van der Waals surface area contributed by atoms with E-state index in [1.807, 2.05) is 6.07 Å². The highest BCUT2D eigenvalue weighted by atomic mass is 16.2. The maximum Gasteiger partial charge on any atom is 0.331 e. The lowest BCUT2D eigenvalue weighted by Crippen LogP contribution is -2.48. The van der Waals surface area contributed by atoms with E-state index in [2.05, 4.69) is 13.8 Å². The summed E-state index contributed by atoms with van der Waals surface area (Å²) in [5, 5.41) is 9.14. The third kappa shape index (κ3) is 3.14. The number of nitriles is 1. The van der Waals surface area contributed by atoms with Crippen LogP contribution in [0.1, 0.15) is 44.7 Å². The van der Waals surface area contributed by atoms with E-state index in [1.165, 1.54) is 10.8 Å². The number of carbonyl (C=O) groups excluding carboxylic acids is 1. The number of piperidine rings is 1. The van der Waals surface area contributed by atoms with Gasteiger partial charge in [-0.1, -0.05) is 13.8 Å². The van der Waals surface area contributed by atoms with Crippen molar-refractivity contribution >= 4 is 5.91 Å². The molecule has 1 saturated heterocycles. The summed E-state index contributed by atoms with van der Waals surface area (Å²) in [6.07, 6.45) is 4.12. The van der Waals surface area contributed by atoms with Crippen molar-refractivity contribution in [2.45, 2.75) is 45.7 Å². The standard InChI is InChI=1S/C17H22N4O3/c1-11-5-12(2)8-19(7-11)15(22)10-21-16(23)13(6-18)9-20(17(21)24)14-3-4-14/h9,11-12,14H,3-5,7-8,10H2,1-2H3/t11-,12-/m1/s1. The Labute approximate surface area is 140 Å². The smallest absolute Gasteiger partial charge is 0.331 e. The highest BCUT2D eigenvalue weighted by Gasteiger charge is 2.29. The molecule has 24 heavy (non-hydrogen) atoms. The molecule has 0 aromatic carbocycles. The van der Waals surface area contributed by atoms with Crippen molar-refractivity contribution in [2.75, 3.05) is 13.1 Å². The summed E-state index contributed by atoms with van der Waals surface area (Å²) in [7, 11) is 0. The van der Waals surface area contributed by atoms with Crippen LogP contribution in [0.25, 0.3) is 0 Å². The average molecular weight is 330 g/mol. The zero-order valence-electron chi connectivity index (χ0n) is 14.1. The van der Waals surface area contributed by atoms with Crippen LogP contribution < -0.4 is 11.2 Å². The molecule has 2 aliphatic rings. The number of hydrogen-bond donors (Lipinski definition) is 0. The molecular formula is C17H22N4O3. The van der Waals surface area contributed by atoms with Crippen molar-refractivity contribution < 1.29 is 4.79 Å². The van der Waals surface area contributed by atoms with Gasteiger partial charge in [0.25, 0.3) is 5.56 Å². The fraction of sp³-hybridized carbons (Fsp3) is 0.647. The zero-order valence-corrected chi connectivity index (χ0v) is 14.1. The van der Waals surface area contributed by atoms with E-state index in [9.17, 15) is 14.4 Å². The van der Waals surface area contributed by atoms with Crippen LogP contribution in [0.2, 0.25) is 0 Å². The van der Waals surface area contributed by atoms with Gasteiger partial charge in [0, 0.05) is 25.3 Å². The molecule has 1 aromatic rings. The van der Waals surface area contributed by atoms with Crippen LogP contribution in [0.3, 0.4) is 0 Å². The van der Waals surface area contributed by atoms with E-state index in [4.69, 9.17) is 5.26 Å². The number of nitrogens with zero attached hydrogens (tertiary/aromatic N) is 4. The van der Waals surface area contributed by atoms with E-state index in [0.717, 1.165) is 23.8 Å². The van der Waals surface area contributed by atoms with Gasteiger partial charge in [0.15, 0.2) is 0 Å². The molecule has 1 saturated carbocycles. The second-order valence-electron chi connectivity index (χ2n) is 7.21. The normalized spacial score (nSPS) is 23.8. The summed E-state index contributed by atoms with van der Waals surface area (Å²) >= 11 is 0. The van der Waals surface area contributed by atoms with Crippen LogP contribution in [0.5, 0.6) is 0 Å². The minimum atomic E-state index is -0.675. The fourth-order valence-corrected chi connectivity index (χ4v) is 3.55. The van der Waals surface area contributed by atoms with Crippen LogP contribution in [-0.2, 0) is 11.3 Å². The van der Waals surface area contributed by atoms with E-state index >= 15 is 0 Å². The second-order valence-corrected chi connectivity index (χ2v) is 7.21. The lowest BCUT2D eigenvalue weighted by molar-refractivity contribution is -0.134. The molecule has 0 spiro atoms. The molecule has 1 aliphatic heterocycles. The summed E-state index contributed by atoms with van der Waals surface area (Å²) in [5.41, 5.74) is -1.26. The van der Waals surface area contributed by atoms with Crippen LogP contribution in [0.4, 0.5) is 0 Å². The molecule has 1 amide bonds. The highest BCUT2D eigenvalue weighted by Crippen LogP contribution is 2.33. The minimum Gasteiger partial charge on any atom is -0.341 e. The Hall–Kier alpha value is -2.36. The largest absolute Gasteiger partial charge is 0.341 e. The molecule has 0 N–H and O–H groups in total. The first-order valence-corrected chi connectivity index (χ1v) is 8.44. The molecule has 7 nitrogen and oxygen atoms in total.